The molecule has 1 atom stereocenters. The Morgan fingerprint density at radius 2 is 2.21 bits per heavy atom. The molecule has 0 aliphatic heterocycles. The van der Waals surface area contributed by atoms with Crippen molar-refractivity contribution in [3.63, 3.8) is 0 Å². The van der Waals surface area contributed by atoms with E-state index in [9.17, 15) is 0 Å². The summed E-state index contributed by atoms with van der Waals surface area (Å²) >= 11 is 3.54. The highest BCUT2D eigenvalue weighted by molar-refractivity contribution is 9.10. The molecule has 3 heteroatoms. The van der Waals surface area contributed by atoms with E-state index in [1.807, 2.05) is 7.05 Å². The van der Waals surface area contributed by atoms with Crippen LogP contribution in [0.15, 0.2) is 22.7 Å². The summed E-state index contributed by atoms with van der Waals surface area (Å²) in [7, 11) is 1.91. The summed E-state index contributed by atoms with van der Waals surface area (Å²) in [6, 6.07) is 6.49. The highest BCUT2D eigenvalue weighted by Crippen LogP contribution is 2.26. The lowest BCUT2D eigenvalue weighted by atomic mass is 10.0. The molecule has 0 aromatic heterocycles. The molecule has 2 N–H and O–H groups in total. The van der Waals surface area contributed by atoms with E-state index in [0.29, 0.717) is 0 Å². The fraction of sp³-hybridized carbons (Fsp3) is 0.455. The summed E-state index contributed by atoms with van der Waals surface area (Å²) in [5.74, 6) is 0. The zero-order valence-electron chi connectivity index (χ0n) is 8.55. The topological polar surface area (TPSA) is 32.3 Å². The van der Waals surface area contributed by atoms with Gasteiger partial charge in [0.2, 0.25) is 0 Å². The van der Waals surface area contributed by atoms with Crippen LogP contribution < -0.4 is 5.32 Å². The lowest BCUT2D eigenvalue weighted by Gasteiger charge is -2.17. The largest absolute Gasteiger partial charge is 0.396 e. The van der Waals surface area contributed by atoms with Crippen molar-refractivity contribution >= 4 is 15.9 Å². The van der Waals surface area contributed by atoms with E-state index in [1.165, 1.54) is 11.1 Å². The normalized spacial score (nSPS) is 12.9. The first-order valence-corrected chi connectivity index (χ1v) is 5.52. The van der Waals surface area contributed by atoms with E-state index in [1.54, 1.807) is 0 Å². The number of benzene rings is 1. The van der Waals surface area contributed by atoms with E-state index in [4.69, 9.17) is 5.11 Å². The van der Waals surface area contributed by atoms with Crippen molar-refractivity contribution in [2.75, 3.05) is 13.7 Å². The van der Waals surface area contributed by atoms with E-state index < -0.39 is 0 Å². The Labute approximate surface area is 93.5 Å². The van der Waals surface area contributed by atoms with Crippen molar-refractivity contribution in [1.29, 1.82) is 0 Å². The Bertz CT molecular complexity index is 301. The van der Waals surface area contributed by atoms with Gasteiger partial charge in [0.1, 0.15) is 0 Å². The molecular weight excluding hydrogens is 242 g/mol. The first-order chi connectivity index (χ1) is 6.69. The molecule has 78 valence electrons. The monoisotopic (exact) mass is 257 g/mol. The van der Waals surface area contributed by atoms with Crippen molar-refractivity contribution in [1.82, 2.24) is 5.32 Å². The third-order valence-electron chi connectivity index (χ3n) is 2.30. The number of hydrogen-bond acceptors (Lipinski definition) is 2. The van der Waals surface area contributed by atoms with Crippen LogP contribution in [-0.4, -0.2) is 18.8 Å². The zero-order chi connectivity index (χ0) is 10.6. The van der Waals surface area contributed by atoms with Gasteiger partial charge in [0.05, 0.1) is 0 Å². The molecule has 0 heterocycles. The van der Waals surface area contributed by atoms with Crippen molar-refractivity contribution in [3.05, 3.63) is 33.8 Å². The molecule has 0 saturated carbocycles. The van der Waals surface area contributed by atoms with Gasteiger partial charge in [-0.2, -0.15) is 0 Å². The van der Waals surface area contributed by atoms with Gasteiger partial charge in [-0.1, -0.05) is 28.1 Å². The van der Waals surface area contributed by atoms with Crippen LogP contribution in [0.3, 0.4) is 0 Å². The number of nitrogens with one attached hydrogen (secondary N) is 1. The van der Waals surface area contributed by atoms with Gasteiger partial charge in [0, 0.05) is 17.1 Å². The molecule has 14 heavy (non-hydrogen) atoms. The van der Waals surface area contributed by atoms with Crippen LogP contribution in [-0.2, 0) is 0 Å². The molecule has 0 aliphatic carbocycles. The fourth-order valence-electron chi connectivity index (χ4n) is 1.50. The number of aryl methyl sites for hydroxylation is 1. The minimum Gasteiger partial charge on any atom is -0.396 e. The van der Waals surface area contributed by atoms with Crippen LogP contribution in [0.2, 0.25) is 0 Å². The summed E-state index contributed by atoms with van der Waals surface area (Å²) in [4.78, 5) is 0. The Morgan fingerprint density at radius 1 is 1.50 bits per heavy atom. The molecule has 0 saturated heterocycles. The lowest BCUT2D eigenvalue weighted by molar-refractivity contribution is 0.268. The van der Waals surface area contributed by atoms with Crippen molar-refractivity contribution in [2.24, 2.45) is 0 Å². The second-order valence-corrected chi connectivity index (χ2v) is 4.23. The summed E-state index contributed by atoms with van der Waals surface area (Å²) in [6.45, 7) is 2.26. The maximum atomic E-state index is 8.92. The first-order valence-electron chi connectivity index (χ1n) is 4.73. The van der Waals surface area contributed by atoms with Crippen LogP contribution in [0, 0.1) is 6.92 Å². The molecular formula is C11H16BrNO. The zero-order valence-corrected chi connectivity index (χ0v) is 10.1. The van der Waals surface area contributed by atoms with Gasteiger partial charge in [-0.25, -0.2) is 0 Å². The smallest absolute Gasteiger partial charge is 0.0449 e. The molecule has 0 bridgehead atoms. The molecule has 1 rings (SSSR count). The molecule has 0 radical (unpaired) electrons. The average Bonchev–Trinajstić information content (AvgIpc) is 2.15. The molecule has 0 fully saturated rings. The van der Waals surface area contributed by atoms with Crippen molar-refractivity contribution in [3.8, 4) is 0 Å². The fourth-order valence-corrected chi connectivity index (χ4v) is 2.27. The first kappa shape index (κ1) is 11.7. The van der Waals surface area contributed by atoms with Gasteiger partial charge in [-0.3, -0.25) is 0 Å². The van der Waals surface area contributed by atoms with Gasteiger partial charge < -0.3 is 10.4 Å². The third-order valence-corrected chi connectivity index (χ3v) is 2.98. The maximum absolute atomic E-state index is 8.92. The van der Waals surface area contributed by atoms with E-state index >= 15 is 0 Å². The van der Waals surface area contributed by atoms with E-state index in [-0.39, 0.29) is 12.6 Å². The molecule has 0 aliphatic rings. The highest BCUT2D eigenvalue weighted by atomic mass is 79.9. The lowest BCUT2D eigenvalue weighted by Crippen LogP contribution is -2.18. The second-order valence-electron chi connectivity index (χ2n) is 3.38. The predicted molar refractivity (Wildman–Crippen MR) is 62.4 cm³/mol. The predicted octanol–water partition coefficient (Wildman–Crippen LogP) is 2.40. The van der Waals surface area contributed by atoms with Crippen molar-refractivity contribution in [2.45, 2.75) is 19.4 Å². The summed E-state index contributed by atoms with van der Waals surface area (Å²) < 4.78 is 1.10. The maximum Gasteiger partial charge on any atom is 0.0449 e. The standard InChI is InChI=1S/C11H16BrNO/c1-8-3-4-9(10(12)7-8)11(13-2)5-6-14/h3-4,7,11,13-14H,5-6H2,1-2H3. The van der Waals surface area contributed by atoms with Gasteiger partial charge in [-0.15, -0.1) is 0 Å². The van der Waals surface area contributed by atoms with Crippen LogP contribution >= 0.6 is 15.9 Å². The Balaban J connectivity index is 2.92. The van der Waals surface area contributed by atoms with Crippen LogP contribution in [0.1, 0.15) is 23.6 Å². The highest BCUT2D eigenvalue weighted by Gasteiger charge is 2.11. The van der Waals surface area contributed by atoms with Gasteiger partial charge in [0.25, 0.3) is 0 Å². The van der Waals surface area contributed by atoms with Gasteiger partial charge in [0.15, 0.2) is 0 Å². The molecule has 1 unspecified atom stereocenters. The van der Waals surface area contributed by atoms with Crippen LogP contribution in [0.4, 0.5) is 0 Å². The molecule has 0 spiro atoms. The molecule has 2 nitrogen and oxygen atoms in total. The Hall–Kier alpha value is -0.380. The summed E-state index contributed by atoms with van der Waals surface area (Å²) in [5.41, 5.74) is 2.44. The average molecular weight is 258 g/mol. The number of aliphatic hydroxyl groups excluding tert-OH is 1. The molecule has 0 amide bonds. The second kappa shape index (κ2) is 5.49. The minimum absolute atomic E-state index is 0.200. The quantitative estimate of drug-likeness (QED) is 0.869. The Morgan fingerprint density at radius 3 is 2.71 bits per heavy atom. The Kier molecular flexibility index (Phi) is 4.58. The summed E-state index contributed by atoms with van der Waals surface area (Å²) in [5, 5.41) is 12.1. The summed E-state index contributed by atoms with van der Waals surface area (Å²) in [6.07, 6.45) is 0.734. The minimum atomic E-state index is 0.200. The third kappa shape index (κ3) is 2.80. The number of rotatable bonds is 4. The number of halogens is 1. The van der Waals surface area contributed by atoms with Crippen molar-refractivity contribution < 1.29 is 5.11 Å². The molecule has 1 aromatic rings. The van der Waals surface area contributed by atoms with E-state index in [0.717, 1.165) is 10.9 Å². The van der Waals surface area contributed by atoms with Crippen LogP contribution in [0.5, 0.6) is 0 Å². The van der Waals surface area contributed by atoms with Crippen LogP contribution in [0.25, 0.3) is 0 Å². The number of hydrogen-bond donors (Lipinski definition) is 2. The SMILES string of the molecule is CNC(CCO)c1ccc(C)cc1Br. The molecule has 1 aromatic carbocycles. The van der Waals surface area contributed by atoms with Gasteiger partial charge >= 0.3 is 0 Å². The van der Waals surface area contributed by atoms with E-state index in [2.05, 4.69) is 46.4 Å². The number of aliphatic hydroxyl groups is 1. The van der Waals surface area contributed by atoms with Gasteiger partial charge in [-0.05, 0) is 37.6 Å².